The summed E-state index contributed by atoms with van der Waals surface area (Å²) in [5.74, 6) is 0. The number of hydrogen-bond acceptors (Lipinski definition) is 0. The minimum Gasteiger partial charge on any atom is -0.166 e. The number of halogens is 6. The summed E-state index contributed by atoms with van der Waals surface area (Å²) in [6.45, 7) is 0. The summed E-state index contributed by atoms with van der Waals surface area (Å²) in [6, 6.07) is 3.04. The highest BCUT2D eigenvalue weighted by molar-refractivity contribution is 14.1. The zero-order chi connectivity index (χ0) is 10.2. The van der Waals surface area contributed by atoms with Crippen LogP contribution in [0.3, 0.4) is 0 Å². The van der Waals surface area contributed by atoms with Crippen molar-refractivity contribution in [1.82, 2.24) is 0 Å². The van der Waals surface area contributed by atoms with Crippen LogP contribution >= 0.6 is 67.8 Å². The van der Waals surface area contributed by atoms with Crippen molar-refractivity contribution < 1.29 is 13.2 Å². The van der Waals surface area contributed by atoms with Crippen LogP contribution in [0.4, 0.5) is 13.2 Å². The molecule has 0 saturated heterocycles. The minimum atomic E-state index is -4.25. The van der Waals surface area contributed by atoms with Gasteiger partial charge in [-0.2, -0.15) is 13.2 Å². The second-order valence-corrected chi connectivity index (χ2v) is 5.81. The van der Waals surface area contributed by atoms with Crippen molar-refractivity contribution >= 4 is 67.8 Å². The molecule has 0 aliphatic heterocycles. The molecular weight excluding hydrogens is 522 g/mol. The van der Waals surface area contributed by atoms with Gasteiger partial charge in [-0.25, -0.2) is 0 Å². The van der Waals surface area contributed by atoms with Gasteiger partial charge in [-0.3, -0.25) is 0 Å². The molecule has 0 unspecified atom stereocenters. The molecule has 13 heavy (non-hydrogen) atoms. The van der Waals surface area contributed by atoms with Gasteiger partial charge in [0.1, 0.15) is 0 Å². The lowest BCUT2D eigenvalue weighted by atomic mass is 10.2. The molecular formula is C7H2F3I3. The van der Waals surface area contributed by atoms with Crippen LogP contribution in [0, 0.1) is 10.7 Å². The third kappa shape index (κ3) is 3.08. The van der Waals surface area contributed by atoms with Crippen molar-refractivity contribution in [2.75, 3.05) is 0 Å². The Kier molecular flexibility index (Phi) is 4.13. The Morgan fingerprint density at radius 3 is 1.62 bits per heavy atom. The van der Waals surface area contributed by atoms with Crippen molar-refractivity contribution in [1.29, 1.82) is 0 Å². The van der Waals surface area contributed by atoms with Gasteiger partial charge in [-0.1, -0.05) is 0 Å². The first kappa shape index (κ1) is 12.3. The van der Waals surface area contributed by atoms with E-state index in [1.807, 2.05) is 22.6 Å². The van der Waals surface area contributed by atoms with E-state index in [2.05, 4.69) is 0 Å². The predicted octanol–water partition coefficient (Wildman–Crippen LogP) is 4.52. The highest BCUT2D eigenvalue weighted by Gasteiger charge is 2.35. The van der Waals surface area contributed by atoms with Gasteiger partial charge in [0.2, 0.25) is 0 Å². The lowest BCUT2D eigenvalue weighted by Gasteiger charge is -2.11. The summed E-state index contributed by atoms with van der Waals surface area (Å²) < 4.78 is 38.6. The fourth-order valence-corrected chi connectivity index (χ4v) is 5.01. The maximum Gasteiger partial charge on any atom is 0.418 e. The van der Waals surface area contributed by atoms with E-state index in [0.717, 1.165) is 3.57 Å². The number of rotatable bonds is 0. The van der Waals surface area contributed by atoms with Crippen molar-refractivity contribution in [3.8, 4) is 0 Å². The highest BCUT2D eigenvalue weighted by atomic mass is 127. The van der Waals surface area contributed by atoms with E-state index < -0.39 is 11.7 Å². The maximum atomic E-state index is 12.4. The zero-order valence-electron chi connectivity index (χ0n) is 5.92. The molecule has 0 aliphatic carbocycles. The molecule has 0 aromatic heterocycles. The topological polar surface area (TPSA) is 0 Å². The fourth-order valence-electron chi connectivity index (χ4n) is 0.813. The van der Waals surface area contributed by atoms with E-state index in [4.69, 9.17) is 0 Å². The lowest BCUT2D eigenvalue weighted by molar-refractivity contribution is -0.139. The van der Waals surface area contributed by atoms with E-state index in [-0.39, 0.29) is 7.14 Å². The molecule has 1 aromatic rings. The van der Waals surface area contributed by atoms with Crippen molar-refractivity contribution in [3.05, 3.63) is 28.4 Å². The van der Waals surface area contributed by atoms with Gasteiger partial charge in [0.05, 0.1) is 5.56 Å². The van der Waals surface area contributed by atoms with Crippen molar-refractivity contribution in [2.45, 2.75) is 6.18 Å². The summed E-state index contributed by atoms with van der Waals surface area (Å²) >= 11 is 5.41. The van der Waals surface area contributed by atoms with Gasteiger partial charge in [-0.15, -0.1) is 0 Å². The molecule has 0 bridgehead atoms. The normalized spacial score (nSPS) is 11.8. The van der Waals surface area contributed by atoms with Crippen LogP contribution in [0.2, 0.25) is 0 Å². The Morgan fingerprint density at radius 2 is 1.31 bits per heavy atom. The third-order valence-electron chi connectivity index (χ3n) is 1.29. The molecule has 1 aromatic carbocycles. The van der Waals surface area contributed by atoms with Crippen LogP contribution in [0.15, 0.2) is 12.1 Å². The molecule has 0 heterocycles. The van der Waals surface area contributed by atoms with Crippen LogP contribution in [0.5, 0.6) is 0 Å². The summed E-state index contributed by atoms with van der Waals surface area (Å²) in [5, 5.41) is 0. The fraction of sp³-hybridized carbons (Fsp3) is 0.143. The van der Waals surface area contributed by atoms with Crippen LogP contribution in [-0.2, 0) is 6.18 Å². The zero-order valence-corrected chi connectivity index (χ0v) is 12.4. The van der Waals surface area contributed by atoms with Crippen molar-refractivity contribution in [2.24, 2.45) is 0 Å². The summed E-state index contributed by atoms with van der Waals surface area (Å²) in [4.78, 5) is 0. The molecule has 0 atom stereocenters. The molecule has 0 spiro atoms. The SMILES string of the molecule is FC(F)(F)c1c(I)cc(I)cc1I. The first-order valence-corrected chi connectivity index (χ1v) is 6.27. The number of benzene rings is 1. The Balaban J connectivity index is 3.38. The molecule has 6 heteroatoms. The van der Waals surface area contributed by atoms with Gasteiger partial charge in [0.15, 0.2) is 0 Å². The molecule has 0 fully saturated rings. The monoisotopic (exact) mass is 524 g/mol. The van der Waals surface area contributed by atoms with E-state index >= 15 is 0 Å². The largest absolute Gasteiger partial charge is 0.418 e. The van der Waals surface area contributed by atoms with E-state index in [9.17, 15) is 13.2 Å². The molecule has 0 N–H and O–H groups in total. The van der Waals surface area contributed by atoms with Crippen LogP contribution in [-0.4, -0.2) is 0 Å². The van der Waals surface area contributed by atoms with E-state index in [0.29, 0.717) is 0 Å². The van der Waals surface area contributed by atoms with Gasteiger partial charge in [-0.05, 0) is 79.9 Å². The molecule has 0 radical (unpaired) electrons. The predicted molar refractivity (Wildman–Crippen MR) is 69.6 cm³/mol. The Hall–Kier alpha value is 1.20. The molecule has 0 aliphatic rings. The average molecular weight is 524 g/mol. The Labute approximate surface area is 114 Å². The van der Waals surface area contributed by atoms with Gasteiger partial charge < -0.3 is 0 Å². The number of hydrogen-bond donors (Lipinski definition) is 0. The average Bonchev–Trinajstić information content (AvgIpc) is 1.78. The van der Waals surface area contributed by atoms with Crippen molar-refractivity contribution in [3.63, 3.8) is 0 Å². The maximum absolute atomic E-state index is 12.4. The molecule has 1 rings (SSSR count). The highest BCUT2D eigenvalue weighted by Crippen LogP contribution is 2.36. The standard InChI is InChI=1S/C7H2F3I3/c8-7(9,10)6-4(12)1-3(11)2-5(6)13/h1-2H. The summed E-state index contributed by atoms with van der Waals surface area (Å²) in [6.07, 6.45) is -4.25. The molecule has 0 nitrogen and oxygen atoms in total. The quantitative estimate of drug-likeness (QED) is 0.439. The number of alkyl halides is 3. The minimum absolute atomic E-state index is 0.251. The van der Waals surface area contributed by atoms with Crippen LogP contribution in [0.1, 0.15) is 5.56 Å². The second-order valence-electron chi connectivity index (χ2n) is 2.24. The van der Waals surface area contributed by atoms with Gasteiger partial charge in [0, 0.05) is 10.7 Å². The third-order valence-corrected chi connectivity index (χ3v) is 3.61. The van der Waals surface area contributed by atoms with Crippen LogP contribution < -0.4 is 0 Å². The van der Waals surface area contributed by atoms with Gasteiger partial charge >= 0.3 is 6.18 Å². The molecule has 0 saturated carbocycles. The lowest BCUT2D eigenvalue weighted by Crippen LogP contribution is -2.10. The smallest absolute Gasteiger partial charge is 0.166 e. The van der Waals surface area contributed by atoms with E-state index in [1.165, 1.54) is 12.1 Å². The first-order valence-electron chi connectivity index (χ1n) is 3.04. The summed E-state index contributed by atoms with van der Waals surface area (Å²) in [5.41, 5.74) is -0.533. The summed E-state index contributed by atoms with van der Waals surface area (Å²) in [7, 11) is 0. The second kappa shape index (κ2) is 4.37. The van der Waals surface area contributed by atoms with Gasteiger partial charge in [0.25, 0.3) is 0 Å². The Morgan fingerprint density at radius 1 is 0.923 bits per heavy atom. The van der Waals surface area contributed by atoms with E-state index in [1.54, 1.807) is 45.2 Å². The Bertz CT molecular complexity index is 309. The molecule has 0 amide bonds. The van der Waals surface area contributed by atoms with Crippen LogP contribution in [0.25, 0.3) is 0 Å². The first-order chi connectivity index (χ1) is 5.82. The molecule has 72 valence electrons.